The normalized spacial score (nSPS) is 12.2. The fourth-order valence-corrected chi connectivity index (χ4v) is 5.67. The molecule has 0 spiro atoms. The topological polar surface area (TPSA) is 90.0 Å². The van der Waals surface area contributed by atoms with Crippen LogP contribution in [0.3, 0.4) is 0 Å². The van der Waals surface area contributed by atoms with Gasteiger partial charge in [-0.25, -0.2) is 8.70 Å². The Hall–Kier alpha value is -3.76. The number of aryl methyl sites for hydroxylation is 2. The molecule has 3 aromatic rings. The zero-order valence-electron chi connectivity index (χ0n) is 25.0. The second kappa shape index (κ2) is 14.9. The van der Waals surface area contributed by atoms with Crippen molar-refractivity contribution in [3.63, 3.8) is 0 Å². The Bertz CT molecular complexity index is 1460. The molecule has 8 nitrogen and oxygen atoms in total. The summed E-state index contributed by atoms with van der Waals surface area (Å²) in [6.07, 6.45) is 1.80. The Labute approximate surface area is 249 Å². The highest BCUT2D eigenvalue weighted by molar-refractivity contribution is 7.90. The summed E-state index contributed by atoms with van der Waals surface area (Å²) in [5.41, 5.74) is 2.88. The Balaban J connectivity index is 2.12. The lowest BCUT2D eigenvalue weighted by molar-refractivity contribution is -0.140. The minimum absolute atomic E-state index is 0.170. The first-order chi connectivity index (χ1) is 19.9. The van der Waals surface area contributed by atoms with Gasteiger partial charge in [-0.05, 0) is 49.1 Å². The standard InChI is InChI=1S/C32H41FN4O4S/c1-6-7-19-34-32(39)30(21-26-13-9-8-10-14-26)36(22-27-15-11-12-16-28(27)33)31(38)23-37(42(40,41)35(4)5)29-20-24(2)17-18-25(29)3/h8-18,20,30H,6-7,19,21-23H2,1-5H3,(H,34,39)/t30-/m0/s1. The number of carbonyl (C=O) groups is 2. The van der Waals surface area contributed by atoms with Crippen molar-refractivity contribution in [3.05, 3.63) is 101 Å². The fraction of sp³-hybridized carbons (Fsp3) is 0.375. The maximum absolute atomic E-state index is 14.9. The number of unbranched alkanes of at least 4 members (excludes halogenated alkanes) is 1. The van der Waals surface area contributed by atoms with Crippen LogP contribution in [-0.4, -0.2) is 62.7 Å². The van der Waals surface area contributed by atoms with E-state index in [1.807, 2.05) is 50.2 Å². The predicted octanol–water partition coefficient (Wildman–Crippen LogP) is 4.61. The largest absolute Gasteiger partial charge is 0.354 e. The maximum atomic E-state index is 14.9. The van der Waals surface area contributed by atoms with E-state index in [1.54, 1.807) is 37.3 Å². The van der Waals surface area contributed by atoms with Gasteiger partial charge in [0.05, 0.1) is 5.69 Å². The monoisotopic (exact) mass is 596 g/mol. The molecule has 2 amide bonds. The van der Waals surface area contributed by atoms with Gasteiger partial charge < -0.3 is 10.2 Å². The first-order valence-electron chi connectivity index (χ1n) is 14.1. The molecule has 3 rings (SSSR count). The second-order valence-electron chi connectivity index (χ2n) is 10.5. The van der Waals surface area contributed by atoms with Crippen LogP contribution in [0.15, 0.2) is 72.8 Å². The van der Waals surface area contributed by atoms with E-state index in [0.717, 1.165) is 32.6 Å². The van der Waals surface area contributed by atoms with Crippen molar-refractivity contribution in [1.29, 1.82) is 0 Å². The van der Waals surface area contributed by atoms with E-state index in [-0.39, 0.29) is 24.4 Å². The summed E-state index contributed by atoms with van der Waals surface area (Å²) in [5.74, 6) is -1.53. The molecule has 0 aliphatic heterocycles. The molecule has 0 radical (unpaired) electrons. The summed E-state index contributed by atoms with van der Waals surface area (Å²) in [7, 11) is -1.32. The average Bonchev–Trinajstić information content (AvgIpc) is 2.96. The Kier molecular flexibility index (Phi) is 11.6. The minimum atomic E-state index is -4.12. The first kappa shape index (κ1) is 32.8. The summed E-state index contributed by atoms with van der Waals surface area (Å²) >= 11 is 0. The van der Waals surface area contributed by atoms with Crippen molar-refractivity contribution in [2.45, 2.75) is 52.6 Å². The van der Waals surface area contributed by atoms with Gasteiger partial charge in [0.15, 0.2) is 0 Å². The zero-order chi connectivity index (χ0) is 30.9. The summed E-state index contributed by atoms with van der Waals surface area (Å²) < 4.78 is 44.2. The van der Waals surface area contributed by atoms with Crippen LogP contribution in [0.2, 0.25) is 0 Å². The number of halogens is 1. The molecule has 10 heteroatoms. The molecule has 0 heterocycles. The zero-order valence-corrected chi connectivity index (χ0v) is 25.8. The summed E-state index contributed by atoms with van der Waals surface area (Å²) in [6.45, 7) is 5.25. The number of hydrogen-bond acceptors (Lipinski definition) is 4. The van der Waals surface area contributed by atoms with Crippen LogP contribution in [0.1, 0.15) is 42.0 Å². The predicted molar refractivity (Wildman–Crippen MR) is 165 cm³/mol. The molecule has 0 bridgehead atoms. The number of nitrogens with zero attached hydrogens (tertiary/aromatic N) is 3. The van der Waals surface area contributed by atoms with Gasteiger partial charge in [-0.3, -0.25) is 9.59 Å². The SMILES string of the molecule is CCCCNC(=O)[C@H](Cc1ccccc1)N(Cc1ccccc1F)C(=O)CN(c1cc(C)ccc1C)S(=O)(=O)N(C)C. The van der Waals surface area contributed by atoms with Crippen molar-refractivity contribution in [2.75, 3.05) is 31.5 Å². The number of rotatable bonds is 14. The Morgan fingerprint density at radius 3 is 2.26 bits per heavy atom. The van der Waals surface area contributed by atoms with Gasteiger partial charge in [0.25, 0.3) is 0 Å². The van der Waals surface area contributed by atoms with Gasteiger partial charge in [0, 0.05) is 39.2 Å². The van der Waals surface area contributed by atoms with Gasteiger partial charge in [-0.2, -0.15) is 12.7 Å². The van der Waals surface area contributed by atoms with Crippen molar-refractivity contribution in [3.8, 4) is 0 Å². The van der Waals surface area contributed by atoms with Crippen LogP contribution >= 0.6 is 0 Å². The summed E-state index contributed by atoms with van der Waals surface area (Å²) in [5, 5.41) is 2.92. The van der Waals surface area contributed by atoms with Crippen LogP contribution < -0.4 is 9.62 Å². The smallest absolute Gasteiger partial charge is 0.304 e. The van der Waals surface area contributed by atoms with E-state index < -0.39 is 34.5 Å². The molecule has 0 aromatic heterocycles. The molecular weight excluding hydrogens is 555 g/mol. The molecule has 0 fully saturated rings. The van der Waals surface area contributed by atoms with E-state index in [0.29, 0.717) is 17.8 Å². The number of carbonyl (C=O) groups excluding carboxylic acids is 2. The molecule has 1 N–H and O–H groups in total. The highest BCUT2D eigenvalue weighted by atomic mass is 32.2. The third-order valence-electron chi connectivity index (χ3n) is 7.05. The summed E-state index contributed by atoms with van der Waals surface area (Å²) in [4.78, 5) is 29.2. The van der Waals surface area contributed by atoms with Crippen molar-refractivity contribution in [1.82, 2.24) is 14.5 Å². The molecule has 0 saturated heterocycles. The third-order valence-corrected chi connectivity index (χ3v) is 8.86. The molecule has 0 aliphatic carbocycles. The van der Waals surface area contributed by atoms with Crippen LogP contribution in [0.25, 0.3) is 0 Å². The van der Waals surface area contributed by atoms with Crippen molar-refractivity contribution in [2.24, 2.45) is 0 Å². The highest BCUT2D eigenvalue weighted by Crippen LogP contribution is 2.26. The van der Waals surface area contributed by atoms with E-state index in [4.69, 9.17) is 0 Å². The van der Waals surface area contributed by atoms with Gasteiger partial charge >= 0.3 is 10.2 Å². The quantitative estimate of drug-likeness (QED) is 0.275. The lowest BCUT2D eigenvalue weighted by Gasteiger charge is -2.35. The molecule has 42 heavy (non-hydrogen) atoms. The van der Waals surface area contributed by atoms with E-state index in [9.17, 15) is 22.4 Å². The average molecular weight is 597 g/mol. The van der Waals surface area contributed by atoms with Gasteiger partial charge in [-0.1, -0.05) is 74.0 Å². The molecular formula is C32H41FN4O4S. The summed E-state index contributed by atoms with van der Waals surface area (Å²) in [6, 6.07) is 19.7. The number of benzene rings is 3. The van der Waals surface area contributed by atoms with Gasteiger partial charge in [0.2, 0.25) is 11.8 Å². The lowest BCUT2D eigenvalue weighted by atomic mass is 10.0. The van der Waals surface area contributed by atoms with Gasteiger partial charge in [0.1, 0.15) is 18.4 Å². The minimum Gasteiger partial charge on any atom is -0.354 e. The Morgan fingerprint density at radius 1 is 0.952 bits per heavy atom. The van der Waals surface area contributed by atoms with Gasteiger partial charge in [-0.15, -0.1) is 0 Å². The van der Waals surface area contributed by atoms with Crippen LogP contribution in [0, 0.1) is 19.7 Å². The molecule has 3 aromatic carbocycles. The molecule has 0 unspecified atom stereocenters. The van der Waals surface area contributed by atoms with E-state index in [2.05, 4.69) is 5.32 Å². The highest BCUT2D eigenvalue weighted by Gasteiger charge is 2.35. The fourth-order valence-electron chi connectivity index (χ4n) is 4.56. The number of amides is 2. The lowest BCUT2D eigenvalue weighted by Crippen LogP contribution is -2.54. The molecule has 1 atom stereocenters. The van der Waals surface area contributed by atoms with Crippen molar-refractivity contribution >= 4 is 27.7 Å². The second-order valence-corrected chi connectivity index (χ2v) is 12.6. The van der Waals surface area contributed by atoms with Crippen LogP contribution in [0.5, 0.6) is 0 Å². The molecule has 226 valence electrons. The van der Waals surface area contributed by atoms with E-state index >= 15 is 0 Å². The van der Waals surface area contributed by atoms with Crippen LogP contribution in [0.4, 0.5) is 10.1 Å². The van der Waals surface area contributed by atoms with E-state index in [1.165, 1.54) is 25.1 Å². The third kappa shape index (κ3) is 8.39. The van der Waals surface area contributed by atoms with Crippen molar-refractivity contribution < 1.29 is 22.4 Å². The molecule has 0 saturated carbocycles. The Morgan fingerprint density at radius 2 is 1.62 bits per heavy atom. The number of hydrogen-bond donors (Lipinski definition) is 1. The number of nitrogens with one attached hydrogen (secondary N) is 1. The first-order valence-corrected chi connectivity index (χ1v) is 15.5. The maximum Gasteiger partial charge on any atom is 0.304 e. The molecule has 0 aliphatic rings. The van der Waals surface area contributed by atoms with Crippen LogP contribution in [-0.2, 0) is 32.8 Å². The number of anilines is 1.